The Bertz CT molecular complexity index is 1080. The fourth-order valence-corrected chi connectivity index (χ4v) is 5.27. The molecule has 3 aromatic rings. The summed E-state index contributed by atoms with van der Waals surface area (Å²) in [6.45, 7) is 3.99. The van der Waals surface area contributed by atoms with Crippen LogP contribution in [0.4, 0.5) is 5.69 Å². The van der Waals surface area contributed by atoms with Crippen LogP contribution in [0, 0.1) is 25.7 Å². The second-order valence-corrected chi connectivity index (χ2v) is 8.67. The van der Waals surface area contributed by atoms with Crippen LogP contribution in [0.15, 0.2) is 91.0 Å². The molecule has 3 nitrogen and oxygen atoms in total. The van der Waals surface area contributed by atoms with Crippen molar-refractivity contribution >= 4 is 17.5 Å². The van der Waals surface area contributed by atoms with E-state index in [0.717, 1.165) is 22.3 Å². The third kappa shape index (κ3) is 3.31. The molecule has 1 aliphatic carbocycles. The largest absolute Gasteiger partial charge is 0.274 e. The van der Waals surface area contributed by atoms with Crippen molar-refractivity contribution in [3.8, 4) is 0 Å². The smallest absolute Gasteiger partial charge is 0.238 e. The summed E-state index contributed by atoms with van der Waals surface area (Å²) in [7, 11) is 0. The molecule has 0 aromatic heterocycles. The molecule has 0 spiro atoms. The summed E-state index contributed by atoms with van der Waals surface area (Å²) in [6, 6.07) is 26.0. The van der Waals surface area contributed by atoms with Crippen molar-refractivity contribution in [2.75, 3.05) is 4.90 Å². The van der Waals surface area contributed by atoms with Crippen LogP contribution in [0.2, 0.25) is 0 Å². The number of benzene rings is 3. The number of aryl methyl sites for hydroxylation is 2. The summed E-state index contributed by atoms with van der Waals surface area (Å²) < 4.78 is 0. The summed E-state index contributed by atoms with van der Waals surface area (Å²) in [5, 5.41) is 0. The predicted molar refractivity (Wildman–Crippen MR) is 123 cm³/mol. The van der Waals surface area contributed by atoms with Crippen LogP contribution in [0.25, 0.3) is 0 Å². The van der Waals surface area contributed by atoms with Crippen LogP contribution in [0.5, 0.6) is 0 Å². The van der Waals surface area contributed by atoms with E-state index < -0.39 is 11.8 Å². The van der Waals surface area contributed by atoms with E-state index in [4.69, 9.17) is 0 Å². The lowest BCUT2D eigenvalue weighted by molar-refractivity contribution is -0.122. The number of nitrogens with zero attached hydrogens (tertiary/aromatic N) is 1. The molecule has 0 radical (unpaired) electrons. The van der Waals surface area contributed by atoms with Gasteiger partial charge in [0.25, 0.3) is 0 Å². The molecule has 4 atom stereocenters. The number of carbonyl (C=O) groups is 2. The molecule has 2 aliphatic rings. The minimum Gasteiger partial charge on any atom is -0.274 e. The zero-order valence-corrected chi connectivity index (χ0v) is 17.7. The number of fused-ring (bicyclic) bond motifs is 1. The van der Waals surface area contributed by atoms with Gasteiger partial charge in [-0.3, -0.25) is 9.59 Å². The predicted octanol–water partition coefficient (Wildman–Crippen LogP) is 5.55. The van der Waals surface area contributed by atoms with Crippen LogP contribution < -0.4 is 4.90 Å². The maximum atomic E-state index is 13.8. The average molecular weight is 408 g/mol. The molecule has 5 rings (SSSR count). The molecular formula is C28H25NO2. The molecule has 3 heteroatoms. The molecule has 1 fully saturated rings. The number of rotatable bonds is 3. The number of hydrogen-bond donors (Lipinski definition) is 0. The highest BCUT2D eigenvalue weighted by atomic mass is 16.2. The zero-order valence-electron chi connectivity index (χ0n) is 17.7. The molecule has 0 saturated carbocycles. The summed E-state index contributed by atoms with van der Waals surface area (Å²) in [6.07, 6.45) is 4.26. The molecule has 1 heterocycles. The van der Waals surface area contributed by atoms with Crippen LogP contribution in [-0.4, -0.2) is 11.8 Å². The number of imide groups is 1. The Hall–Kier alpha value is -3.46. The van der Waals surface area contributed by atoms with Crippen LogP contribution >= 0.6 is 0 Å². The van der Waals surface area contributed by atoms with Gasteiger partial charge < -0.3 is 0 Å². The Kier molecular flexibility index (Phi) is 4.82. The highest BCUT2D eigenvalue weighted by Crippen LogP contribution is 2.50. The first kappa shape index (κ1) is 19.5. The Morgan fingerprint density at radius 3 is 1.45 bits per heavy atom. The molecule has 2 amide bonds. The third-order valence-electron chi connectivity index (χ3n) is 6.53. The van der Waals surface area contributed by atoms with Crippen molar-refractivity contribution in [1.82, 2.24) is 0 Å². The van der Waals surface area contributed by atoms with Crippen molar-refractivity contribution in [2.24, 2.45) is 11.8 Å². The van der Waals surface area contributed by atoms with Gasteiger partial charge in [0.15, 0.2) is 0 Å². The normalized spacial score (nSPS) is 25.0. The van der Waals surface area contributed by atoms with Gasteiger partial charge in [-0.2, -0.15) is 0 Å². The fraction of sp³-hybridized carbons (Fsp3) is 0.214. The fourth-order valence-electron chi connectivity index (χ4n) is 5.27. The van der Waals surface area contributed by atoms with Crippen LogP contribution in [0.1, 0.15) is 34.1 Å². The molecule has 1 saturated heterocycles. The van der Waals surface area contributed by atoms with Crippen LogP contribution in [0.3, 0.4) is 0 Å². The van der Waals surface area contributed by atoms with Crippen molar-refractivity contribution in [3.05, 3.63) is 113 Å². The highest BCUT2D eigenvalue weighted by Gasteiger charge is 2.55. The van der Waals surface area contributed by atoms with Gasteiger partial charge in [-0.1, -0.05) is 78.9 Å². The van der Waals surface area contributed by atoms with E-state index >= 15 is 0 Å². The van der Waals surface area contributed by atoms with E-state index in [1.54, 1.807) is 0 Å². The van der Waals surface area contributed by atoms with Gasteiger partial charge in [0.2, 0.25) is 11.8 Å². The molecule has 154 valence electrons. The van der Waals surface area contributed by atoms with E-state index in [9.17, 15) is 9.59 Å². The van der Waals surface area contributed by atoms with Gasteiger partial charge in [-0.25, -0.2) is 4.90 Å². The quantitative estimate of drug-likeness (QED) is 0.422. The first-order valence-corrected chi connectivity index (χ1v) is 10.8. The molecule has 31 heavy (non-hydrogen) atoms. The molecule has 3 aromatic carbocycles. The Labute approximate surface area is 183 Å². The van der Waals surface area contributed by atoms with Crippen molar-refractivity contribution in [3.63, 3.8) is 0 Å². The second kappa shape index (κ2) is 7.66. The molecule has 0 bridgehead atoms. The van der Waals surface area contributed by atoms with Crippen molar-refractivity contribution in [1.29, 1.82) is 0 Å². The van der Waals surface area contributed by atoms with E-state index in [-0.39, 0.29) is 23.7 Å². The van der Waals surface area contributed by atoms with Gasteiger partial charge in [0.05, 0.1) is 17.5 Å². The van der Waals surface area contributed by atoms with E-state index in [1.807, 2.05) is 86.6 Å². The first-order chi connectivity index (χ1) is 15.0. The Morgan fingerprint density at radius 1 is 0.613 bits per heavy atom. The minimum atomic E-state index is -0.411. The molecule has 0 unspecified atom stereocenters. The number of amides is 2. The van der Waals surface area contributed by atoms with Gasteiger partial charge in [0.1, 0.15) is 0 Å². The molecule has 0 N–H and O–H groups in total. The second-order valence-electron chi connectivity index (χ2n) is 8.67. The number of allylic oxidation sites excluding steroid dienone is 2. The average Bonchev–Trinajstić information content (AvgIpc) is 3.04. The maximum absolute atomic E-state index is 13.8. The van der Waals surface area contributed by atoms with Crippen molar-refractivity contribution in [2.45, 2.75) is 25.7 Å². The van der Waals surface area contributed by atoms with E-state index in [1.165, 1.54) is 4.90 Å². The van der Waals surface area contributed by atoms with Gasteiger partial charge in [0, 0.05) is 11.8 Å². The lowest BCUT2D eigenvalue weighted by Crippen LogP contribution is -2.31. The van der Waals surface area contributed by atoms with E-state index in [2.05, 4.69) is 18.2 Å². The Morgan fingerprint density at radius 2 is 1.03 bits per heavy atom. The van der Waals surface area contributed by atoms with E-state index in [0.29, 0.717) is 5.69 Å². The lowest BCUT2D eigenvalue weighted by Gasteiger charge is -2.32. The number of hydrogen-bond acceptors (Lipinski definition) is 2. The monoisotopic (exact) mass is 407 g/mol. The zero-order chi connectivity index (χ0) is 21.5. The summed E-state index contributed by atoms with van der Waals surface area (Å²) >= 11 is 0. The number of carbonyl (C=O) groups excluding carboxylic acids is 2. The summed E-state index contributed by atoms with van der Waals surface area (Å²) in [5.41, 5.74) is 4.92. The molecular weight excluding hydrogens is 382 g/mol. The van der Waals surface area contributed by atoms with Gasteiger partial charge in [-0.05, 0) is 48.2 Å². The number of anilines is 1. The lowest BCUT2D eigenvalue weighted by atomic mass is 9.68. The summed E-state index contributed by atoms with van der Waals surface area (Å²) in [5.74, 6) is -1.24. The topological polar surface area (TPSA) is 37.4 Å². The third-order valence-corrected chi connectivity index (χ3v) is 6.53. The minimum absolute atomic E-state index is 0.0980. The molecule has 1 aliphatic heterocycles. The Balaban J connectivity index is 1.64. The van der Waals surface area contributed by atoms with Crippen molar-refractivity contribution < 1.29 is 9.59 Å². The first-order valence-electron chi connectivity index (χ1n) is 10.8. The SMILES string of the molecule is Cc1cc(C)cc(N2C(=O)[C@H]3[C@H](C2=O)[C@H](c2ccccc2)C=C[C@H]3c2ccccc2)c1. The van der Waals surface area contributed by atoms with Gasteiger partial charge >= 0.3 is 0 Å². The maximum Gasteiger partial charge on any atom is 0.238 e. The highest BCUT2D eigenvalue weighted by molar-refractivity contribution is 6.23. The van der Waals surface area contributed by atoms with Gasteiger partial charge in [-0.15, -0.1) is 0 Å². The summed E-state index contributed by atoms with van der Waals surface area (Å²) in [4.78, 5) is 29.0. The standard InChI is InChI=1S/C28H25NO2/c1-18-15-19(2)17-22(16-18)29-27(30)25-23(20-9-5-3-6-10-20)13-14-24(26(25)28(29)31)21-11-7-4-8-12-21/h3-17,23-26H,1-2H3/t23-,24-,25+,26+/m0/s1. The van der Waals surface area contributed by atoms with Crippen LogP contribution in [-0.2, 0) is 9.59 Å².